The minimum Gasteiger partial charge on any atom is -0.340 e. The van der Waals surface area contributed by atoms with E-state index in [4.69, 9.17) is 5.73 Å². The highest BCUT2D eigenvalue weighted by Crippen LogP contribution is 2.28. The Hall–Kier alpha value is -0.610. The van der Waals surface area contributed by atoms with Gasteiger partial charge in [0.2, 0.25) is 5.91 Å². The second-order valence-electron chi connectivity index (χ2n) is 6.23. The van der Waals surface area contributed by atoms with Gasteiger partial charge in [0, 0.05) is 25.7 Å². The van der Waals surface area contributed by atoms with Crippen LogP contribution in [0.1, 0.15) is 51.9 Å². The second-order valence-corrected chi connectivity index (χ2v) is 6.23. The minimum absolute atomic E-state index is 0.0225. The van der Waals surface area contributed by atoms with Gasteiger partial charge in [0.25, 0.3) is 0 Å². The fraction of sp³-hybridized carbons (Fsp3) is 0.933. The summed E-state index contributed by atoms with van der Waals surface area (Å²) in [6.45, 7) is 3.76. The zero-order valence-electron chi connectivity index (χ0n) is 12.5. The monoisotopic (exact) mass is 267 g/mol. The first-order chi connectivity index (χ1) is 9.15. The summed E-state index contributed by atoms with van der Waals surface area (Å²) in [5.74, 6) is 0.272. The molecule has 0 aromatic carbocycles. The smallest absolute Gasteiger partial charge is 0.240 e. The van der Waals surface area contributed by atoms with E-state index in [1.807, 2.05) is 11.9 Å². The Morgan fingerprint density at radius 1 is 1.21 bits per heavy atom. The Balaban J connectivity index is 2.11. The third kappa shape index (κ3) is 3.29. The molecule has 2 rings (SSSR count). The molecule has 19 heavy (non-hydrogen) atoms. The van der Waals surface area contributed by atoms with E-state index in [2.05, 4.69) is 11.8 Å². The van der Waals surface area contributed by atoms with Crippen molar-refractivity contribution in [3.05, 3.63) is 0 Å². The molecule has 4 heteroatoms. The zero-order valence-corrected chi connectivity index (χ0v) is 12.5. The van der Waals surface area contributed by atoms with Crippen molar-refractivity contribution < 1.29 is 4.79 Å². The molecule has 110 valence electrons. The number of hydrogen-bond acceptors (Lipinski definition) is 3. The van der Waals surface area contributed by atoms with Crippen molar-refractivity contribution in [1.82, 2.24) is 9.80 Å². The molecule has 1 heterocycles. The number of piperazine rings is 1. The molecule has 0 aromatic rings. The summed E-state index contributed by atoms with van der Waals surface area (Å²) in [5, 5.41) is 0. The number of nitrogens with two attached hydrogens (primary N) is 1. The first-order valence-corrected chi connectivity index (χ1v) is 7.87. The summed E-state index contributed by atoms with van der Waals surface area (Å²) in [6, 6.07) is 0.943. The third-order valence-electron chi connectivity index (χ3n) is 4.90. The molecule has 2 unspecified atom stereocenters. The van der Waals surface area contributed by atoms with Gasteiger partial charge in [-0.1, -0.05) is 25.7 Å². The maximum Gasteiger partial charge on any atom is 0.240 e. The molecule has 1 saturated carbocycles. The van der Waals surface area contributed by atoms with Crippen LogP contribution in [0.3, 0.4) is 0 Å². The van der Waals surface area contributed by atoms with E-state index in [1.54, 1.807) is 0 Å². The Kier molecular flexibility index (Phi) is 5.22. The van der Waals surface area contributed by atoms with Crippen LogP contribution < -0.4 is 5.73 Å². The lowest BCUT2D eigenvalue weighted by atomic mass is 9.97. The summed E-state index contributed by atoms with van der Waals surface area (Å²) in [7, 11) is 1.93. The first-order valence-electron chi connectivity index (χ1n) is 7.87. The molecular formula is C15H29N3O. The molecule has 2 aliphatic rings. The summed E-state index contributed by atoms with van der Waals surface area (Å²) in [5.41, 5.74) is 5.73. The van der Waals surface area contributed by atoms with Gasteiger partial charge in [-0.15, -0.1) is 0 Å². The van der Waals surface area contributed by atoms with Crippen LogP contribution in [0.15, 0.2) is 0 Å². The van der Waals surface area contributed by atoms with E-state index in [9.17, 15) is 4.79 Å². The fourth-order valence-corrected chi connectivity index (χ4v) is 3.59. The number of carbonyl (C=O) groups is 1. The molecule has 0 aromatic heterocycles. The Bertz CT molecular complexity index is 300. The molecular weight excluding hydrogens is 238 g/mol. The van der Waals surface area contributed by atoms with E-state index in [0.717, 1.165) is 13.0 Å². The Labute approximate surface area is 117 Å². The summed E-state index contributed by atoms with van der Waals surface area (Å²) >= 11 is 0. The number of amides is 1. The molecule has 1 aliphatic carbocycles. The minimum atomic E-state index is 0.0225. The second kappa shape index (κ2) is 6.71. The van der Waals surface area contributed by atoms with Crippen LogP contribution in [0.25, 0.3) is 0 Å². The van der Waals surface area contributed by atoms with Crippen LogP contribution in [0, 0.1) is 0 Å². The van der Waals surface area contributed by atoms with Gasteiger partial charge in [0.1, 0.15) is 0 Å². The van der Waals surface area contributed by atoms with Crippen LogP contribution in [-0.4, -0.2) is 54.0 Å². The van der Waals surface area contributed by atoms with Crippen LogP contribution in [0.5, 0.6) is 0 Å². The van der Waals surface area contributed by atoms with Crippen molar-refractivity contribution in [2.45, 2.75) is 70.0 Å². The topological polar surface area (TPSA) is 49.6 Å². The Morgan fingerprint density at radius 3 is 2.42 bits per heavy atom. The maximum absolute atomic E-state index is 12.5. The Morgan fingerprint density at radius 2 is 1.84 bits per heavy atom. The number of rotatable bonds is 3. The average molecular weight is 267 g/mol. The lowest BCUT2D eigenvalue weighted by molar-refractivity contribution is -0.145. The predicted octanol–water partition coefficient (Wildman–Crippen LogP) is 1.59. The number of nitrogens with zero attached hydrogens (tertiary/aromatic N) is 2. The van der Waals surface area contributed by atoms with Crippen LogP contribution in [-0.2, 0) is 4.79 Å². The molecule has 4 nitrogen and oxygen atoms in total. The largest absolute Gasteiger partial charge is 0.340 e. The molecule has 2 atom stereocenters. The first kappa shape index (κ1) is 14.8. The maximum atomic E-state index is 12.5. The highest BCUT2D eigenvalue weighted by molar-refractivity contribution is 5.82. The normalized spacial score (nSPS) is 31.5. The third-order valence-corrected chi connectivity index (χ3v) is 4.90. The highest BCUT2D eigenvalue weighted by Gasteiger charge is 2.39. The fourth-order valence-electron chi connectivity index (χ4n) is 3.59. The van der Waals surface area contributed by atoms with E-state index in [1.165, 1.54) is 38.5 Å². The lowest BCUT2D eigenvalue weighted by Crippen LogP contribution is -2.62. The molecule has 2 N–H and O–H groups in total. The average Bonchev–Trinajstić information content (AvgIpc) is 2.68. The van der Waals surface area contributed by atoms with Crippen molar-refractivity contribution in [3.8, 4) is 0 Å². The van der Waals surface area contributed by atoms with E-state index in [-0.39, 0.29) is 11.9 Å². The van der Waals surface area contributed by atoms with E-state index < -0.39 is 0 Å². The van der Waals surface area contributed by atoms with E-state index in [0.29, 0.717) is 18.6 Å². The summed E-state index contributed by atoms with van der Waals surface area (Å²) in [4.78, 5) is 16.9. The van der Waals surface area contributed by atoms with Crippen molar-refractivity contribution in [1.29, 1.82) is 0 Å². The molecule has 0 spiro atoms. The standard InChI is InChI=1S/C15H29N3O/c1-12-11-18(13-7-5-3-4-6-8-13)14(9-10-16)15(19)17(12)2/h12-14H,3-11,16H2,1-2H3. The molecule has 0 radical (unpaired) electrons. The van der Waals surface area contributed by atoms with Gasteiger partial charge in [-0.2, -0.15) is 0 Å². The molecule has 2 fully saturated rings. The van der Waals surface area contributed by atoms with Crippen molar-refractivity contribution >= 4 is 5.91 Å². The van der Waals surface area contributed by atoms with Gasteiger partial charge in [-0.3, -0.25) is 9.69 Å². The van der Waals surface area contributed by atoms with Gasteiger partial charge in [-0.05, 0) is 32.7 Å². The van der Waals surface area contributed by atoms with Gasteiger partial charge in [0.15, 0.2) is 0 Å². The summed E-state index contributed by atoms with van der Waals surface area (Å²) in [6.07, 6.45) is 8.65. The molecule has 1 amide bonds. The van der Waals surface area contributed by atoms with Gasteiger partial charge >= 0.3 is 0 Å². The lowest BCUT2D eigenvalue weighted by Gasteiger charge is -2.46. The quantitative estimate of drug-likeness (QED) is 0.790. The summed E-state index contributed by atoms with van der Waals surface area (Å²) < 4.78 is 0. The number of carbonyl (C=O) groups excluding carboxylic acids is 1. The number of likely N-dealkylation sites (N-methyl/N-ethyl adjacent to an activating group) is 1. The highest BCUT2D eigenvalue weighted by atomic mass is 16.2. The molecule has 1 saturated heterocycles. The van der Waals surface area contributed by atoms with Gasteiger partial charge < -0.3 is 10.6 Å². The van der Waals surface area contributed by atoms with Crippen LogP contribution in [0.4, 0.5) is 0 Å². The predicted molar refractivity (Wildman–Crippen MR) is 77.9 cm³/mol. The van der Waals surface area contributed by atoms with Crippen LogP contribution in [0.2, 0.25) is 0 Å². The zero-order chi connectivity index (χ0) is 13.8. The van der Waals surface area contributed by atoms with Crippen molar-refractivity contribution in [3.63, 3.8) is 0 Å². The van der Waals surface area contributed by atoms with E-state index >= 15 is 0 Å². The molecule has 0 bridgehead atoms. The number of hydrogen-bond donors (Lipinski definition) is 1. The van der Waals surface area contributed by atoms with Gasteiger partial charge in [-0.25, -0.2) is 0 Å². The molecule has 1 aliphatic heterocycles. The SMILES string of the molecule is CC1CN(C2CCCCCC2)C(CCN)C(=O)N1C. The van der Waals surface area contributed by atoms with Crippen molar-refractivity contribution in [2.75, 3.05) is 20.1 Å². The van der Waals surface area contributed by atoms with Crippen molar-refractivity contribution in [2.24, 2.45) is 5.73 Å². The van der Waals surface area contributed by atoms with Crippen LogP contribution >= 0.6 is 0 Å². The van der Waals surface area contributed by atoms with Gasteiger partial charge in [0.05, 0.1) is 6.04 Å².